The van der Waals surface area contributed by atoms with E-state index >= 15 is 0 Å². The molecule has 178 valence electrons. The molecule has 0 spiro atoms. The maximum absolute atomic E-state index is 12.4. The number of hydrogen-bond donors (Lipinski definition) is 2. The molecule has 2 aromatic carbocycles. The summed E-state index contributed by atoms with van der Waals surface area (Å²) in [5, 5.41) is 22.3. The molecule has 0 radical (unpaired) electrons. The number of nitrogens with zero attached hydrogens (tertiary/aromatic N) is 2. The highest BCUT2D eigenvalue weighted by atomic mass is 33.1. The summed E-state index contributed by atoms with van der Waals surface area (Å²) in [4.78, 5) is 24.8. The van der Waals surface area contributed by atoms with Crippen LogP contribution in [0.2, 0.25) is 0 Å². The number of carboxylic acid groups (broad SMARTS) is 2. The molecule has 8 heteroatoms. The average Bonchev–Trinajstić information content (AvgIpc) is 3.29. The van der Waals surface area contributed by atoms with Gasteiger partial charge in [0, 0.05) is 61.1 Å². The van der Waals surface area contributed by atoms with Crippen molar-refractivity contribution in [3.63, 3.8) is 0 Å². The summed E-state index contributed by atoms with van der Waals surface area (Å²) in [5.41, 5.74) is 3.94. The monoisotopic (exact) mass is 496 g/mol. The predicted molar refractivity (Wildman–Crippen MR) is 141 cm³/mol. The lowest BCUT2D eigenvalue weighted by molar-refractivity contribution is -0.140. The van der Waals surface area contributed by atoms with Crippen LogP contribution in [0.3, 0.4) is 0 Å². The van der Waals surface area contributed by atoms with E-state index in [1.165, 1.54) is 0 Å². The van der Waals surface area contributed by atoms with Gasteiger partial charge in [0.1, 0.15) is 9.49 Å². The Morgan fingerprint density at radius 3 is 1.44 bits per heavy atom. The third-order valence-corrected chi connectivity index (χ3v) is 10.2. The largest absolute Gasteiger partial charge is 0.480 e. The van der Waals surface area contributed by atoms with Gasteiger partial charge >= 0.3 is 11.9 Å². The number of para-hydroxylation sites is 2. The number of carbonyl (C=O) groups is 2. The van der Waals surface area contributed by atoms with Crippen LogP contribution in [-0.4, -0.2) is 40.8 Å². The fourth-order valence-electron chi connectivity index (χ4n) is 4.33. The van der Waals surface area contributed by atoms with Crippen LogP contribution in [0, 0.1) is 0 Å². The molecule has 0 aliphatic heterocycles. The molecule has 0 amide bonds. The zero-order valence-corrected chi connectivity index (χ0v) is 21.2. The fourth-order valence-corrected chi connectivity index (χ4v) is 7.15. The van der Waals surface area contributed by atoms with Gasteiger partial charge in [-0.15, -0.1) is 0 Å². The van der Waals surface area contributed by atoms with E-state index in [0.717, 1.165) is 54.5 Å². The van der Waals surface area contributed by atoms with Crippen LogP contribution in [0.15, 0.2) is 60.9 Å². The molecule has 0 bridgehead atoms. The number of hydrogen-bond acceptors (Lipinski definition) is 4. The smallest absolute Gasteiger partial charge is 0.320 e. The highest BCUT2D eigenvalue weighted by molar-refractivity contribution is 8.78. The molecule has 4 aromatic rings. The zero-order chi connectivity index (χ0) is 24.7. The second-order valence-corrected chi connectivity index (χ2v) is 12.3. The molecule has 2 unspecified atom stereocenters. The molecule has 0 aliphatic rings. The van der Waals surface area contributed by atoms with Crippen molar-refractivity contribution in [3.8, 4) is 0 Å². The van der Waals surface area contributed by atoms with Crippen molar-refractivity contribution in [1.82, 2.24) is 9.13 Å². The molecular weight excluding hydrogens is 468 g/mol. The van der Waals surface area contributed by atoms with Gasteiger partial charge in [0.2, 0.25) is 0 Å². The first-order chi connectivity index (χ1) is 16.0. The number of fused-ring (bicyclic) bond motifs is 2. The number of carboxylic acids is 2. The van der Waals surface area contributed by atoms with Gasteiger partial charge in [-0.25, -0.2) is 0 Å². The maximum Gasteiger partial charge on any atom is 0.320 e. The molecular formula is C26H28N2O4S2. The minimum Gasteiger partial charge on any atom is -0.480 e. The van der Waals surface area contributed by atoms with Gasteiger partial charge in [0.15, 0.2) is 0 Å². The van der Waals surface area contributed by atoms with E-state index in [4.69, 9.17) is 0 Å². The summed E-state index contributed by atoms with van der Waals surface area (Å²) in [6, 6.07) is 15.8. The van der Waals surface area contributed by atoms with Gasteiger partial charge in [0.05, 0.1) is 0 Å². The van der Waals surface area contributed by atoms with Crippen LogP contribution >= 0.6 is 21.6 Å². The van der Waals surface area contributed by atoms with Crippen molar-refractivity contribution in [1.29, 1.82) is 0 Å². The van der Waals surface area contributed by atoms with Crippen molar-refractivity contribution < 1.29 is 19.8 Å². The van der Waals surface area contributed by atoms with E-state index < -0.39 is 21.4 Å². The Morgan fingerprint density at radius 1 is 0.735 bits per heavy atom. The Bertz CT molecular complexity index is 1290. The Hall–Kier alpha value is -2.84. The van der Waals surface area contributed by atoms with Crippen LogP contribution in [-0.2, 0) is 36.5 Å². The lowest BCUT2D eigenvalue weighted by Crippen LogP contribution is -2.37. The normalized spacial score (nSPS) is 15.3. The van der Waals surface area contributed by atoms with Gasteiger partial charge in [-0.1, -0.05) is 58.0 Å². The summed E-state index contributed by atoms with van der Waals surface area (Å²) >= 11 is 0. The average molecular weight is 497 g/mol. The molecule has 0 saturated heterocycles. The number of aryl methyl sites for hydroxylation is 2. The van der Waals surface area contributed by atoms with Crippen LogP contribution < -0.4 is 0 Å². The second-order valence-electron chi connectivity index (χ2n) is 9.16. The molecule has 0 fully saturated rings. The van der Waals surface area contributed by atoms with Crippen molar-refractivity contribution in [2.75, 3.05) is 0 Å². The maximum atomic E-state index is 12.4. The summed E-state index contributed by atoms with van der Waals surface area (Å²) in [7, 11) is 6.15. The SMILES string of the molecule is Cn1cc(CC(C)(SSC(C)(Cc2cn(C)c3ccccc23)C(=O)O)C(=O)O)c2ccccc21. The van der Waals surface area contributed by atoms with E-state index in [1.807, 2.05) is 84.2 Å². The predicted octanol–water partition coefficient (Wildman–Crippen LogP) is 5.52. The Labute approximate surface area is 206 Å². The van der Waals surface area contributed by atoms with Crippen LogP contribution in [0.5, 0.6) is 0 Å². The summed E-state index contributed by atoms with van der Waals surface area (Å²) in [6.07, 6.45) is 4.49. The van der Waals surface area contributed by atoms with Crippen molar-refractivity contribution in [2.45, 2.75) is 36.2 Å². The van der Waals surface area contributed by atoms with Crippen molar-refractivity contribution >= 4 is 55.3 Å². The first kappa shape index (κ1) is 24.3. The minimum absolute atomic E-state index is 0.283. The van der Waals surface area contributed by atoms with E-state index in [1.54, 1.807) is 13.8 Å². The van der Waals surface area contributed by atoms with Crippen LogP contribution in [0.1, 0.15) is 25.0 Å². The number of aliphatic carboxylic acids is 2. The quantitative estimate of drug-likeness (QED) is 0.297. The summed E-state index contributed by atoms with van der Waals surface area (Å²) < 4.78 is 1.58. The van der Waals surface area contributed by atoms with E-state index in [0.29, 0.717) is 0 Å². The minimum atomic E-state index is -1.20. The van der Waals surface area contributed by atoms with Crippen LogP contribution in [0.4, 0.5) is 0 Å². The molecule has 2 N–H and O–H groups in total. The molecule has 2 aromatic heterocycles. The lowest BCUT2D eigenvalue weighted by atomic mass is 10.00. The molecule has 2 heterocycles. The number of aromatic nitrogens is 2. The summed E-state index contributed by atoms with van der Waals surface area (Å²) in [6.45, 7) is 3.35. The second kappa shape index (κ2) is 9.07. The van der Waals surface area contributed by atoms with Gasteiger partial charge in [-0.2, -0.15) is 0 Å². The van der Waals surface area contributed by atoms with Crippen LogP contribution in [0.25, 0.3) is 21.8 Å². The van der Waals surface area contributed by atoms with Crippen molar-refractivity contribution in [3.05, 3.63) is 72.1 Å². The highest BCUT2D eigenvalue weighted by Gasteiger charge is 2.42. The molecule has 0 aliphatic carbocycles. The highest BCUT2D eigenvalue weighted by Crippen LogP contribution is 2.48. The summed E-state index contributed by atoms with van der Waals surface area (Å²) in [5.74, 6) is -1.92. The Kier molecular flexibility index (Phi) is 6.48. The zero-order valence-electron chi connectivity index (χ0n) is 19.6. The first-order valence-electron chi connectivity index (χ1n) is 10.9. The molecule has 4 rings (SSSR count). The number of benzene rings is 2. The van der Waals surface area contributed by atoms with E-state index in [2.05, 4.69) is 0 Å². The third-order valence-electron chi connectivity index (χ3n) is 6.33. The van der Waals surface area contributed by atoms with E-state index in [-0.39, 0.29) is 12.8 Å². The molecule has 2 atom stereocenters. The van der Waals surface area contributed by atoms with E-state index in [9.17, 15) is 19.8 Å². The fraction of sp³-hybridized carbons (Fsp3) is 0.308. The van der Waals surface area contributed by atoms with Gasteiger partial charge in [-0.3, -0.25) is 9.59 Å². The molecule has 34 heavy (non-hydrogen) atoms. The van der Waals surface area contributed by atoms with Gasteiger partial charge in [0.25, 0.3) is 0 Å². The molecule has 0 saturated carbocycles. The topological polar surface area (TPSA) is 84.5 Å². The third kappa shape index (κ3) is 4.44. The standard InChI is InChI=1S/C26H28N2O4S2/c1-25(23(29)30,13-17-15-27(3)21-11-7-5-9-19(17)21)33-34-26(2,24(31)32)14-18-16-28(4)22-12-8-6-10-20(18)22/h5-12,15-16H,13-14H2,1-4H3,(H,29,30)(H,31,32). The Balaban J connectivity index is 1.61. The molecule has 6 nitrogen and oxygen atoms in total. The number of rotatable bonds is 9. The lowest BCUT2D eigenvalue weighted by Gasteiger charge is -2.29. The Morgan fingerprint density at radius 2 is 1.09 bits per heavy atom. The van der Waals surface area contributed by atoms with Crippen molar-refractivity contribution in [2.24, 2.45) is 14.1 Å². The van der Waals surface area contributed by atoms with Gasteiger partial charge < -0.3 is 19.3 Å². The van der Waals surface area contributed by atoms with Gasteiger partial charge in [-0.05, 0) is 37.1 Å². The first-order valence-corrected chi connectivity index (χ1v) is 13.1.